The highest BCUT2D eigenvalue weighted by molar-refractivity contribution is 7.89. The minimum Gasteiger partial charge on any atom is -0.313 e. The van der Waals surface area contributed by atoms with Crippen LogP contribution in [0.25, 0.3) is 0 Å². The molecule has 6 heteroatoms. The highest BCUT2D eigenvalue weighted by atomic mass is 32.2. The van der Waals surface area contributed by atoms with E-state index in [9.17, 15) is 12.8 Å². The average Bonchev–Trinajstić information content (AvgIpc) is 3.19. The van der Waals surface area contributed by atoms with Gasteiger partial charge in [0.15, 0.2) is 0 Å². The number of sulfonamides is 1. The summed E-state index contributed by atoms with van der Waals surface area (Å²) in [6.07, 6.45) is 3.15. The van der Waals surface area contributed by atoms with E-state index in [0.717, 1.165) is 18.5 Å². The van der Waals surface area contributed by atoms with E-state index in [4.69, 9.17) is 0 Å². The molecule has 0 bridgehead atoms. The van der Waals surface area contributed by atoms with E-state index in [1.165, 1.54) is 25.0 Å². The van der Waals surface area contributed by atoms with E-state index >= 15 is 0 Å². The van der Waals surface area contributed by atoms with Gasteiger partial charge in [-0.05, 0) is 43.5 Å². The molecule has 0 aromatic heterocycles. The van der Waals surface area contributed by atoms with E-state index in [-0.39, 0.29) is 10.9 Å². The Balaban J connectivity index is 2.07. The third-order valence-electron chi connectivity index (χ3n) is 3.61. The second-order valence-corrected chi connectivity index (χ2v) is 7.43. The van der Waals surface area contributed by atoms with E-state index in [2.05, 4.69) is 10.0 Å². The van der Waals surface area contributed by atoms with Gasteiger partial charge in [-0.15, -0.1) is 0 Å². The Labute approximate surface area is 126 Å². The van der Waals surface area contributed by atoms with Crippen LogP contribution >= 0.6 is 0 Å². The monoisotopic (exact) mass is 314 g/mol. The third-order valence-corrected chi connectivity index (χ3v) is 5.23. The Morgan fingerprint density at radius 2 is 2.10 bits per heavy atom. The van der Waals surface area contributed by atoms with Gasteiger partial charge in [-0.3, -0.25) is 0 Å². The van der Waals surface area contributed by atoms with Gasteiger partial charge in [-0.25, -0.2) is 17.5 Å². The summed E-state index contributed by atoms with van der Waals surface area (Å²) in [4.78, 5) is -0.273. The topological polar surface area (TPSA) is 58.2 Å². The minimum atomic E-state index is -3.79. The van der Waals surface area contributed by atoms with Crippen molar-refractivity contribution in [3.05, 3.63) is 29.6 Å². The van der Waals surface area contributed by atoms with Crippen molar-refractivity contribution in [1.29, 1.82) is 0 Å². The fraction of sp³-hybridized carbons (Fsp3) is 0.600. The number of hydrogen-bond acceptors (Lipinski definition) is 3. The first-order chi connectivity index (χ1) is 9.92. The van der Waals surface area contributed by atoms with Gasteiger partial charge in [0, 0.05) is 12.6 Å². The summed E-state index contributed by atoms with van der Waals surface area (Å²) in [5, 5.41) is 3.08. The lowest BCUT2D eigenvalue weighted by Crippen LogP contribution is -2.33. The van der Waals surface area contributed by atoms with Crippen LogP contribution < -0.4 is 10.0 Å². The van der Waals surface area contributed by atoms with Crippen LogP contribution in [-0.2, 0) is 16.6 Å². The quantitative estimate of drug-likeness (QED) is 0.774. The summed E-state index contributed by atoms with van der Waals surface area (Å²) in [6, 6.07) is 4.10. The van der Waals surface area contributed by atoms with Crippen LogP contribution in [-0.4, -0.2) is 21.0 Å². The number of hydrogen-bond donors (Lipinski definition) is 2. The summed E-state index contributed by atoms with van der Waals surface area (Å²) in [6.45, 7) is 5.09. The number of halogens is 1. The summed E-state index contributed by atoms with van der Waals surface area (Å²) in [5.74, 6) is -0.0773. The van der Waals surface area contributed by atoms with Gasteiger partial charge < -0.3 is 5.32 Å². The van der Waals surface area contributed by atoms with Crippen molar-refractivity contribution in [3.63, 3.8) is 0 Å². The molecule has 0 radical (unpaired) electrons. The molecule has 21 heavy (non-hydrogen) atoms. The number of rotatable bonds is 8. The second kappa shape index (κ2) is 6.85. The minimum absolute atomic E-state index is 0.164. The Morgan fingerprint density at radius 3 is 2.67 bits per heavy atom. The summed E-state index contributed by atoms with van der Waals surface area (Å²) in [7, 11) is -3.79. The Kier molecular flexibility index (Phi) is 5.35. The van der Waals surface area contributed by atoms with Crippen molar-refractivity contribution in [3.8, 4) is 0 Å². The van der Waals surface area contributed by atoms with Gasteiger partial charge in [0.2, 0.25) is 10.0 Å². The van der Waals surface area contributed by atoms with E-state index in [1.54, 1.807) is 6.07 Å². The molecular formula is C15H23FN2O2S. The molecule has 2 N–H and O–H groups in total. The molecule has 0 aliphatic heterocycles. The zero-order valence-electron chi connectivity index (χ0n) is 12.5. The largest absolute Gasteiger partial charge is 0.313 e. The van der Waals surface area contributed by atoms with Crippen molar-refractivity contribution >= 4 is 10.0 Å². The zero-order chi connectivity index (χ0) is 15.5. The molecule has 118 valence electrons. The predicted octanol–water partition coefficient (Wildman–Crippen LogP) is 2.40. The molecule has 0 heterocycles. The fourth-order valence-corrected chi connectivity index (χ4v) is 3.69. The van der Waals surface area contributed by atoms with E-state index < -0.39 is 15.8 Å². The Morgan fingerprint density at radius 1 is 1.38 bits per heavy atom. The summed E-state index contributed by atoms with van der Waals surface area (Å²) in [5.41, 5.74) is 0.735. The zero-order valence-corrected chi connectivity index (χ0v) is 13.3. The molecule has 0 amide bonds. The van der Waals surface area contributed by atoms with Gasteiger partial charge in [0.1, 0.15) is 10.7 Å². The Bertz CT molecular complexity index is 585. The first-order valence-corrected chi connectivity index (χ1v) is 8.92. The molecule has 1 saturated carbocycles. The highest BCUT2D eigenvalue weighted by Gasteiger charge is 2.27. The predicted molar refractivity (Wildman–Crippen MR) is 80.9 cm³/mol. The highest BCUT2D eigenvalue weighted by Crippen LogP contribution is 2.33. The summed E-state index contributed by atoms with van der Waals surface area (Å²) < 4.78 is 41.1. The normalized spacial score (nSPS) is 16.9. The third kappa shape index (κ3) is 4.76. The molecule has 2 rings (SSSR count). The average molecular weight is 314 g/mol. The standard InChI is InChI=1S/C15H23FN2O2S/c1-3-17-10-13-6-7-15(14(16)9-13)21(19,20)18-11(2)8-12-4-5-12/h6-7,9,11-12,17-18H,3-5,8,10H2,1-2H3. The lowest BCUT2D eigenvalue weighted by Gasteiger charge is -2.14. The molecule has 1 aliphatic carbocycles. The van der Waals surface area contributed by atoms with Gasteiger partial charge in [-0.2, -0.15) is 0 Å². The van der Waals surface area contributed by atoms with Gasteiger partial charge in [0.25, 0.3) is 0 Å². The molecule has 1 fully saturated rings. The van der Waals surface area contributed by atoms with Gasteiger partial charge in [-0.1, -0.05) is 25.8 Å². The van der Waals surface area contributed by atoms with E-state index in [1.807, 2.05) is 13.8 Å². The molecule has 4 nitrogen and oxygen atoms in total. The first kappa shape index (κ1) is 16.4. The number of nitrogens with one attached hydrogen (secondary N) is 2. The van der Waals surface area contributed by atoms with Crippen molar-refractivity contribution < 1.29 is 12.8 Å². The van der Waals surface area contributed by atoms with Crippen LogP contribution in [0.5, 0.6) is 0 Å². The van der Waals surface area contributed by atoms with Crippen LogP contribution in [0, 0.1) is 11.7 Å². The molecule has 1 aliphatic rings. The number of benzene rings is 1. The van der Waals surface area contributed by atoms with Crippen molar-refractivity contribution in [2.24, 2.45) is 5.92 Å². The summed E-state index contributed by atoms with van der Waals surface area (Å²) >= 11 is 0. The van der Waals surface area contributed by atoms with Crippen molar-refractivity contribution in [1.82, 2.24) is 10.0 Å². The van der Waals surface area contributed by atoms with Crippen LogP contribution in [0.2, 0.25) is 0 Å². The molecule has 1 aromatic rings. The van der Waals surface area contributed by atoms with Crippen LogP contribution in [0.3, 0.4) is 0 Å². The second-order valence-electron chi connectivity index (χ2n) is 5.75. The van der Waals surface area contributed by atoms with Crippen LogP contribution in [0.15, 0.2) is 23.1 Å². The molecule has 1 unspecified atom stereocenters. The smallest absolute Gasteiger partial charge is 0.243 e. The lowest BCUT2D eigenvalue weighted by atomic mass is 10.2. The van der Waals surface area contributed by atoms with Crippen LogP contribution in [0.4, 0.5) is 4.39 Å². The SMILES string of the molecule is CCNCc1ccc(S(=O)(=O)NC(C)CC2CC2)c(F)c1. The fourth-order valence-electron chi connectivity index (χ4n) is 2.37. The molecule has 0 spiro atoms. The van der Waals surface area contributed by atoms with Crippen molar-refractivity contribution in [2.75, 3.05) is 6.54 Å². The van der Waals surface area contributed by atoms with E-state index in [0.29, 0.717) is 12.5 Å². The maximum atomic E-state index is 14.1. The lowest BCUT2D eigenvalue weighted by molar-refractivity contribution is 0.520. The molecule has 1 aromatic carbocycles. The maximum absolute atomic E-state index is 14.1. The molecule has 1 atom stereocenters. The first-order valence-electron chi connectivity index (χ1n) is 7.44. The van der Waals surface area contributed by atoms with Gasteiger partial charge in [0.05, 0.1) is 0 Å². The van der Waals surface area contributed by atoms with Crippen LogP contribution in [0.1, 0.15) is 38.7 Å². The van der Waals surface area contributed by atoms with Crippen molar-refractivity contribution in [2.45, 2.75) is 50.6 Å². The van der Waals surface area contributed by atoms with Gasteiger partial charge >= 0.3 is 0 Å². The molecule has 0 saturated heterocycles. The molecular weight excluding hydrogens is 291 g/mol. The Hall–Kier alpha value is -0.980. The maximum Gasteiger partial charge on any atom is 0.243 e.